The maximum Gasteiger partial charge on any atom is 0.336 e. The predicted molar refractivity (Wildman–Crippen MR) is 146 cm³/mol. The topological polar surface area (TPSA) is 67.8 Å². The van der Waals surface area contributed by atoms with Crippen LogP contribution in [0.1, 0.15) is 51.0 Å². The molecule has 2 N–H and O–H groups in total. The number of aromatic carboxylic acids is 1. The fourth-order valence-corrected chi connectivity index (χ4v) is 6.26. The molecule has 5 rings (SSSR count). The van der Waals surface area contributed by atoms with E-state index in [1.807, 2.05) is 31.2 Å². The molecule has 1 aliphatic carbocycles. The normalized spacial score (nSPS) is 19.9. The molecule has 0 unspecified atom stereocenters. The molecule has 5 nitrogen and oxygen atoms in total. The zero-order chi connectivity index (χ0) is 25.6. The van der Waals surface area contributed by atoms with Crippen LogP contribution in [0.5, 0.6) is 11.5 Å². The van der Waals surface area contributed by atoms with Crippen LogP contribution in [0.15, 0.2) is 59.1 Å². The molecule has 0 aromatic heterocycles. The van der Waals surface area contributed by atoms with Crippen molar-refractivity contribution in [3.8, 4) is 11.5 Å². The first-order valence-electron chi connectivity index (χ1n) is 11.5. The van der Waals surface area contributed by atoms with Gasteiger partial charge in [-0.3, -0.25) is 0 Å². The minimum Gasteiger partial charge on any atom is -0.493 e. The van der Waals surface area contributed by atoms with E-state index in [9.17, 15) is 9.90 Å². The molecule has 186 valence electrons. The summed E-state index contributed by atoms with van der Waals surface area (Å²) in [4.78, 5) is 12.0. The van der Waals surface area contributed by atoms with Gasteiger partial charge in [0.2, 0.25) is 0 Å². The van der Waals surface area contributed by atoms with Gasteiger partial charge in [-0.1, -0.05) is 47.5 Å². The number of hydrogen-bond acceptors (Lipinski definition) is 4. The highest BCUT2D eigenvalue weighted by molar-refractivity contribution is 9.10. The number of carboxylic acids is 1. The summed E-state index contributed by atoms with van der Waals surface area (Å²) in [6, 6.07) is 12.9. The van der Waals surface area contributed by atoms with E-state index in [4.69, 9.17) is 32.7 Å². The molecule has 0 amide bonds. The summed E-state index contributed by atoms with van der Waals surface area (Å²) in [6.07, 6.45) is 5.14. The van der Waals surface area contributed by atoms with Gasteiger partial charge in [-0.2, -0.15) is 0 Å². The van der Waals surface area contributed by atoms with Gasteiger partial charge in [0.1, 0.15) is 6.61 Å². The fraction of sp³-hybridized carbons (Fsp3) is 0.250. The zero-order valence-corrected chi connectivity index (χ0v) is 22.7. The molecule has 1 aliphatic heterocycles. The van der Waals surface area contributed by atoms with E-state index < -0.39 is 5.97 Å². The minimum absolute atomic E-state index is 0.0185. The zero-order valence-electron chi connectivity index (χ0n) is 19.6. The number of carbonyl (C=O) groups is 1. The molecule has 0 fully saturated rings. The average molecular weight is 589 g/mol. The molecule has 3 aromatic carbocycles. The maximum atomic E-state index is 12.0. The summed E-state index contributed by atoms with van der Waals surface area (Å²) in [6.45, 7) is 2.26. The maximum absolute atomic E-state index is 12.0. The first kappa shape index (κ1) is 25.0. The number of aryl methyl sites for hydroxylation is 1. The van der Waals surface area contributed by atoms with Gasteiger partial charge in [-0.15, -0.1) is 0 Å². The molecule has 2 aliphatic rings. The number of ether oxygens (including phenoxy) is 2. The molecule has 0 saturated carbocycles. The highest BCUT2D eigenvalue weighted by atomic mass is 79.9. The monoisotopic (exact) mass is 587 g/mol. The number of rotatable bonds is 6. The van der Waals surface area contributed by atoms with Crippen LogP contribution in [0.2, 0.25) is 10.0 Å². The smallest absolute Gasteiger partial charge is 0.336 e. The van der Waals surface area contributed by atoms with E-state index in [1.165, 1.54) is 0 Å². The first-order valence-corrected chi connectivity index (χ1v) is 13.1. The second-order valence-corrected chi connectivity index (χ2v) is 10.8. The van der Waals surface area contributed by atoms with Gasteiger partial charge in [-0.05, 0) is 82.2 Å². The summed E-state index contributed by atoms with van der Waals surface area (Å²) in [5.41, 5.74) is 4.97. The minimum atomic E-state index is -0.905. The third kappa shape index (κ3) is 4.47. The van der Waals surface area contributed by atoms with Crippen LogP contribution >= 0.6 is 39.1 Å². The Kier molecular flexibility index (Phi) is 6.95. The van der Waals surface area contributed by atoms with E-state index in [2.05, 4.69) is 33.4 Å². The van der Waals surface area contributed by atoms with Crippen LogP contribution in [-0.2, 0) is 6.61 Å². The molecular weight excluding hydrogens is 565 g/mol. The Morgan fingerprint density at radius 3 is 2.72 bits per heavy atom. The highest BCUT2D eigenvalue weighted by Crippen LogP contribution is 2.53. The van der Waals surface area contributed by atoms with Crippen molar-refractivity contribution in [2.45, 2.75) is 31.9 Å². The second-order valence-electron chi connectivity index (χ2n) is 9.06. The predicted octanol–water partition coefficient (Wildman–Crippen LogP) is 8.18. The van der Waals surface area contributed by atoms with E-state index >= 15 is 0 Å². The van der Waals surface area contributed by atoms with E-state index in [-0.39, 0.29) is 24.5 Å². The second kappa shape index (κ2) is 10.0. The number of carboxylic acid groups (broad SMARTS) is 1. The third-order valence-corrected chi connectivity index (χ3v) is 8.13. The van der Waals surface area contributed by atoms with Gasteiger partial charge in [0.25, 0.3) is 0 Å². The Labute approximate surface area is 228 Å². The lowest BCUT2D eigenvalue weighted by Crippen LogP contribution is -2.31. The van der Waals surface area contributed by atoms with Gasteiger partial charge >= 0.3 is 5.97 Å². The fourth-order valence-electron chi connectivity index (χ4n) is 5.22. The number of fused-ring (bicyclic) bond motifs is 3. The number of methoxy groups -OCH3 is 1. The van der Waals surface area contributed by atoms with Gasteiger partial charge in [0.05, 0.1) is 23.2 Å². The SMILES string of the molecule is COc1cc([C@@H]2Nc3c(C)ccc(C(=O)O)c3[C@@H]3C=CC[C@H]32)cc(Br)c1OCc1ccc(Cl)cc1Cl. The molecule has 0 bridgehead atoms. The first-order chi connectivity index (χ1) is 17.3. The van der Waals surface area contributed by atoms with Gasteiger partial charge in [0, 0.05) is 27.2 Å². The van der Waals surface area contributed by atoms with Crippen molar-refractivity contribution < 1.29 is 19.4 Å². The molecule has 1 heterocycles. The van der Waals surface area contributed by atoms with Crippen molar-refractivity contribution in [1.82, 2.24) is 0 Å². The van der Waals surface area contributed by atoms with Crippen LogP contribution in [-0.4, -0.2) is 18.2 Å². The average Bonchev–Trinajstić information content (AvgIpc) is 3.33. The summed E-state index contributed by atoms with van der Waals surface area (Å²) >= 11 is 16.0. The Morgan fingerprint density at radius 2 is 2.00 bits per heavy atom. The largest absolute Gasteiger partial charge is 0.493 e. The van der Waals surface area contributed by atoms with Crippen LogP contribution in [0.25, 0.3) is 0 Å². The molecule has 0 saturated heterocycles. The van der Waals surface area contributed by atoms with E-state index in [0.717, 1.165) is 38.8 Å². The van der Waals surface area contributed by atoms with Crippen molar-refractivity contribution in [2.24, 2.45) is 5.92 Å². The van der Waals surface area contributed by atoms with Crippen LogP contribution in [0.3, 0.4) is 0 Å². The number of hydrogen-bond donors (Lipinski definition) is 2. The molecule has 0 radical (unpaired) electrons. The van der Waals surface area contributed by atoms with E-state index in [0.29, 0.717) is 27.1 Å². The molecular formula is C28H24BrCl2NO4. The highest BCUT2D eigenvalue weighted by Gasteiger charge is 2.41. The Balaban J connectivity index is 1.50. The van der Waals surface area contributed by atoms with Gasteiger partial charge in [-0.25, -0.2) is 4.79 Å². The van der Waals surface area contributed by atoms with Crippen LogP contribution < -0.4 is 14.8 Å². The molecule has 3 atom stereocenters. The number of anilines is 1. The van der Waals surface area contributed by atoms with Crippen molar-refractivity contribution in [2.75, 3.05) is 12.4 Å². The van der Waals surface area contributed by atoms with Gasteiger partial charge < -0.3 is 19.9 Å². The quantitative estimate of drug-likeness (QED) is 0.284. The molecule has 3 aromatic rings. The Bertz CT molecular complexity index is 1390. The number of halogens is 3. The molecule has 36 heavy (non-hydrogen) atoms. The molecule has 8 heteroatoms. The summed E-state index contributed by atoms with van der Waals surface area (Å²) in [7, 11) is 1.61. The van der Waals surface area contributed by atoms with E-state index in [1.54, 1.807) is 25.3 Å². The van der Waals surface area contributed by atoms with Crippen LogP contribution in [0, 0.1) is 12.8 Å². The van der Waals surface area contributed by atoms with Crippen molar-refractivity contribution in [1.29, 1.82) is 0 Å². The lowest BCUT2D eigenvalue weighted by atomic mass is 9.74. The Hall–Kier alpha value is -2.67. The van der Waals surface area contributed by atoms with Crippen LogP contribution in [0.4, 0.5) is 5.69 Å². The summed E-state index contributed by atoms with van der Waals surface area (Å²) in [5, 5.41) is 14.6. The number of benzene rings is 3. The number of nitrogens with one attached hydrogen (secondary N) is 1. The number of allylic oxidation sites excluding steroid dienone is 2. The third-order valence-electron chi connectivity index (χ3n) is 6.96. The van der Waals surface area contributed by atoms with Gasteiger partial charge in [0.15, 0.2) is 11.5 Å². The summed E-state index contributed by atoms with van der Waals surface area (Å²) in [5.74, 6) is 0.459. The summed E-state index contributed by atoms with van der Waals surface area (Å²) < 4.78 is 12.6. The lowest BCUT2D eigenvalue weighted by molar-refractivity contribution is 0.0695. The van der Waals surface area contributed by atoms with Crippen molar-refractivity contribution >= 4 is 50.8 Å². The lowest BCUT2D eigenvalue weighted by Gasteiger charge is -2.39. The Morgan fingerprint density at radius 1 is 1.19 bits per heavy atom. The molecule has 0 spiro atoms. The standard InChI is InChI=1S/C28H24BrCl2NO4/c1-14-6-9-20(28(33)34)24-18-4-3-5-19(18)26(32-25(14)24)16-10-21(29)27(23(11-16)35-2)36-13-15-7-8-17(30)12-22(15)31/h3-4,6-12,18-19,26,32H,5,13H2,1-2H3,(H,33,34)/t18-,19-,26+/m1/s1. The van der Waals surface area contributed by atoms with Crippen molar-refractivity contribution in [3.63, 3.8) is 0 Å². The van der Waals surface area contributed by atoms with Crippen molar-refractivity contribution in [3.05, 3.63) is 97.0 Å².